The van der Waals surface area contributed by atoms with Crippen LogP contribution in [0.25, 0.3) is 0 Å². The summed E-state index contributed by atoms with van der Waals surface area (Å²) >= 11 is 0. The average Bonchev–Trinajstić information content (AvgIpc) is 3.02. The van der Waals surface area contributed by atoms with E-state index in [0.29, 0.717) is 12.1 Å². The fourth-order valence-corrected chi connectivity index (χ4v) is 3.54. The van der Waals surface area contributed by atoms with Crippen LogP contribution in [0, 0.1) is 0 Å². The Morgan fingerprint density at radius 3 is 2.78 bits per heavy atom. The monoisotopic (exact) mass is 375 g/mol. The van der Waals surface area contributed by atoms with Crippen LogP contribution >= 0.6 is 0 Å². The molecular formula is C21H37N5O. The van der Waals surface area contributed by atoms with Gasteiger partial charge in [-0.05, 0) is 38.9 Å². The maximum Gasteiger partial charge on any atom is 0.191 e. The molecule has 2 rings (SSSR count). The standard InChI is InChI=1S/C21H37N5O/c1-18-15-20(17-26(18)16-19-9-6-5-7-10-19)24-21(22-2)23-11-8-12-25(3)13-14-27-4/h5-7,9-10,18,20H,8,11-17H2,1-4H3,(H2,22,23,24). The molecule has 6 heteroatoms. The molecule has 0 aliphatic carbocycles. The van der Waals surface area contributed by atoms with Gasteiger partial charge in [0, 0.05) is 52.4 Å². The Morgan fingerprint density at radius 2 is 2.07 bits per heavy atom. The van der Waals surface area contributed by atoms with Crippen LogP contribution in [0.1, 0.15) is 25.3 Å². The second kappa shape index (κ2) is 12.0. The number of hydrogen-bond acceptors (Lipinski definition) is 4. The molecule has 0 aromatic heterocycles. The number of likely N-dealkylation sites (tertiary alicyclic amines) is 1. The van der Waals surface area contributed by atoms with Crippen LogP contribution in [-0.4, -0.2) is 81.8 Å². The molecule has 0 bridgehead atoms. The third-order valence-electron chi connectivity index (χ3n) is 5.18. The fourth-order valence-electron chi connectivity index (χ4n) is 3.54. The summed E-state index contributed by atoms with van der Waals surface area (Å²) in [6, 6.07) is 11.7. The topological polar surface area (TPSA) is 52.1 Å². The number of rotatable bonds is 10. The van der Waals surface area contributed by atoms with Crippen molar-refractivity contribution in [2.75, 3.05) is 54.0 Å². The zero-order chi connectivity index (χ0) is 19.5. The van der Waals surface area contributed by atoms with Crippen LogP contribution in [0.4, 0.5) is 0 Å². The molecule has 0 radical (unpaired) electrons. The summed E-state index contributed by atoms with van der Waals surface area (Å²) in [5.41, 5.74) is 1.38. The van der Waals surface area contributed by atoms with E-state index in [1.807, 2.05) is 7.05 Å². The van der Waals surface area contributed by atoms with Gasteiger partial charge >= 0.3 is 0 Å². The predicted molar refractivity (Wildman–Crippen MR) is 113 cm³/mol. The Morgan fingerprint density at radius 1 is 1.30 bits per heavy atom. The van der Waals surface area contributed by atoms with E-state index in [2.05, 4.69) is 69.7 Å². The maximum atomic E-state index is 5.11. The highest BCUT2D eigenvalue weighted by Crippen LogP contribution is 2.20. The Kier molecular flexibility index (Phi) is 9.59. The third kappa shape index (κ3) is 7.87. The molecule has 1 aromatic rings. The fraction of sp³-hybridized carbons (Fsp3) is 0.667. The molecule has 2 unspecified atom stereocenters. The Bertz CT molecular complexity index is 551. The van der Waals surface area contributed by atoms with E-state index < -0.39 is 0 Å². The Hall–Kier alpha value is -1.63. The van der Waals surface area contributed by atoms with Crippen molar-refractivity contribution in [3.8, 4) is 0 Å². The number of likely N-dealkylation sites (N-methyl/N-ethyl adjacent to an activating group) is 1. The Labute approximate surface area is 165 Å². The third-order valence-corrected chi connectivity index (χ3v) is 5.18. The lowest BCUT2D eigenvalue weighted by Crippen LogP contribution is -2.45. The lowest BCUT2D eigenvalue weighted by Gasteiger charge is -2.21. The van der Waals surface area contributed by atoms with Crippen LogP contribution in [0.15, 0.2) is 35.3 Å². The summed E-state index contributed by atoms with van der Waals surface area (Å²) in [7, 11) is 5.73. The maximum absolute atomic E-state index is 5.11. The van der Waals surface area contributed by atoms with E-state index in [-0.39, 0.29) is 0 Å². The normalized spacial score (nSPS) is 21.0. The van der Waals surface area contributed by atoms with Crippen molar-refractivity contribution in [1.29, 1.82) is 0 Å². The van der Waals surface area contributed by atoms with Crippen molar-refractivity contribution >= 4 is 5.96 Å². The first-order chi connectivity index (χ1) is 13.1. The highest BCUT2D eigenvalue weighted by molar-refractivity contribution is 5.80. The highest BCUT2D eigenvalue weighted by atomic mass is 16.5. The molecule has 1 aliphatic rings. The minimum atomic E-state index is 0.444. The minimum Gasteiger partial charge on any atom is -0.383 e. The molecule has 27 heavy (non-hydrogen) atoms. The van der Waals surface area contributed by atoms with Crippen LogP contribution < -0.4 is 10.6 Å². The smallest absolute Gasteiger partial charge is 0.191 e. The van der Waals surface area contributed by atoms with Crippen molar-refractivity contribution in [3.63, 3.8) is 0 Å². The molecule has 2 atom stereocenters. The van der Waals surface area contributed by atoms with Crippen molar-refractivity contribution < 1.29 is 4.74 Å². The average molecular weight is 376 g/mol. The van der Waals surface area contributed by atoms with Gasteiger partial charge in [-0.15, -0.1) is 0 Å². The van der Waals surface area contributed by atoms with Gasteiger partial charge in [0.25, 0.3) is 0 Å². The zero-order valence-corrected chi connectivity index (χ0v) is 17.4. The molecule has 0 saturated carbocycles. The van der Waals surface area contributed by atoms with Crippen molar-refractivity contribution in [2.45, 2.75) is 38.4 Å². The first kappa shape index (κ1) is 21.7. The summed E-state index contributed by atoms with van der Waals surface area (Å²) in [5.74, 6) is 0.910. The molecule has 1 heterocycles. The van der Waals surface area contributed by atoms with Gasteiger partial charge in [0.15, 0.2) is 5.96 Å². The van der Waals surface area contributed by atoms with Gasteiger partial charge in [-0.3, -0.25) is 9.89 Å². The molecule has 0 amide bonds. The SMILES string of the molecule is CN=C(NCCCN(C)CCOC)NC1CC(C)N(Cc2ccccc2)C1. The number of benzene rings is 1. The number of nitrogens with one attached hydrogen (secondary N) is 2. The molecule has 2 N–H and O–H groups in total. The quantitative estimate of drug-likeness (QED) is 0.371. The van der Waals surface area contributed by atoms with Crippen molar-refractivity contribution in [2.24, 2.45) is 4.99 Å². The molecule has 1 saturated heterocycles. The number of nitrogens with zero attached hydrogens (tertiary/aromatic N) is 3. The molecule has 1 aromatic carbocycles. The van der Waals surface area contributed by atoms with Gasteiger partial charge in [-0.1, -0.05) is 30.3 Å². The molecule has 6 nitrogen and oxygen atoms in total. The van der Waals surface area contributed by atoms with Crippen LogP contribution in [0.3, 0.4) is 0 Å². The first-order valence-electron chi connectivity index (χ1n) is 10.0. The number of aliphatic imine (C=N–C) groups is 1. The lowest BCUT2D eigenvalue weighted by atomic mass is 10.2. The second-order valence-corrected chi connectivity index (χ2v) is 7.49. The van der Waals surface area contributed by atoms with Crippen molar-refractivity contribution in [3.05, 3.63) is 35.9 Å². The van der Waals surface area contributed by atoms with E-state index in [9.17, 15) is 0 Å². The lowest BCUT2D eigenvalue weighted by molar-refractivity contribution is 0.161. The number of methoxy groups -OCH3 is 1. The first-order valence-corrected chi connectivity index (χ1v) is 10.0. The zero-order valence-electron chi connectivity index (χ0n) is 17.4. The second-order valence-electron chi connectivity index (χ2n) is 7.49. The van der Waals surface area contributed by atoms with Gasteiger partial charge in [0.05, 0.1) is 6.61 Å². The van der Waals surface area contributed by atoms with Gasteiger partial charge in [0.2, 0.25) is 0 Å². The van der Waals surface area contributed by atoms with Crippen LogP contribution in [0.5, 0.6) is 0 Å². The predicted octanol–water partition coefficient (Wildman–Crippen LogP) is 1.78. The minimum absolute atomic E-state index is 0.444. The molecule has 0 spiro atoms. The summed E-state index contributed by atoms with van der Waals surface area (Å²) in [5, 5.41) is 7.05. The van der Waals surface area contributed by atoms with E-state index in [0.717, 1.165) is 58.1 Å². The molecule has 1 aliphatic heterocycles. The van der Waals surface area contributed by atoms with Crippen LogP contribution in [0.2, 0.25) is 0 Å². The van der Waals surface area contributed by atoms with Gasteiger partial charge in [0.1, 0.15) is 0 Å². The highest BCUT2D eigenvalue weighted by Gasteiger charge is 2.29. The summed E-state index contributed by atoms with van der Waals surface area (Å²) in [4.78, 5) is 9.23. The van der Waals surface area contributed by atoms with E-state index in [1.54, 1.807) is 7.11 Å². The van der Waals surface area contributed by atoms with Gasteiger partial charge in [-0.2, -0.15) is 0 Å². The van der Waals surface area contributed by atoms with Crippen LogP contribution in [-0.2, 0) is 11.3 Å². The van der Waals surface area contributed by atoms with Gasteiger partial charge in [-0.25, -0.2) is 0 Å². The van der Waals surface area contributed by atoms with E-state index >= 15 is 0 Å². The summed E-state index contributed by atoms with van der Waals surface area (Å²) in [6.07, 6.45) is 2.23. The van der Waals surface area contributed by atoms with Gasteiger partial charge < -0.3 is 20.3 Å². The van der Waals surface area contributed by atoms with E-state index in [1.165, 1.54) is 5.56 Å². The molecular weight excluding hydrogens is 338 g/mol. The number of ether oxygens (including phenoxy) is 1. The molecule has 1 fully saturated rings. The largest absolute Gasteiger partial charge is 0.383 e. The summed E-state index contributed by atoms with van der Waals surface area (Å²) < 4.78 is 5.11. The van der Waals surface area contributed by atoms with Crippen molar-refractivity contribution in [1.82, 2.24) is 20.4 Å². The van der Waals surface area contributed by atoms with E-state index in [4.69, 9.17) is 4.74 Å². The number of hydrogen-bond donors (Lipinski definition) is 2. The number of guanidine groups is 1. The molecule has 152 valence electrons. The Balaban J connectivity index is 1.68. The summed E-state index contributed by atoms with van der Waals surface area (Å²) in [6.45, 7) is 8.12.